The molecule has 1 aliphatic carbocycles. The van der Waals surface area contributed by atoms with Crippen LogP contribution in [0.25, 0.3) is 0 Å². The van der Waals surface area contributed by atoms with Gasteiger partial charge in [-0.1, -0.05) is 30.3 Å². The summed E-state index contributed by atoms with van der Waals surface area (Å²) in [5.74, 6) is 0. The van der Waals surface area contributed by atoms with Crippen LogP contribution in [0.1, 0.15) is 30.1 Å². The highest BCUT2D eigenvalue weighted by Crippen LogP contribution is 2.56. The fraction of sp³-hybridized carbons (Fsp3) is 0.357. The van der Waals surface area contributed by atoms with E-state index in [-0.39, 0.29) is 11.5 Å². The first-order chi connectivity index (χ1) is 8.65. The second-order valence-electron chi connectivity index (χ2n) is 5.00. The number of aromatic nitrogens is 2. The second-order valence-corrected chi connectivity index (χ2v) is 5.86. The van der Waals surface area contributed by atoms with E-state index in [1.165, 1.54) is 5.56 Å². The van der Waals surface area contributed by atoms with Crippen molar-refractivity contribution in [1.29, 1.82) is 0 Å². The van der Waals surface area contributed by atoms with Crippen LogP contribution in [0.15, 0.2) is 41.0 Å². The predicted molar refractivity (Wildman–Crippen MR) is 75.2 cm³/mol. The van der Waals surface area contributed by atoms with Crippen LogP contribution in [0.4, 0.5) is 0 Å². The minimum Gasteiger partial charge on any atom is -0.322 e. The van der Waals surface area contributed by atoms with Gasteiger partial charge in [-0.3, -0.25) is 4.68 Å². The highest BCUT2D eigenvalue weighted by atomic mass is 79.9. The molecule has 94 valence electrons. The molecule has 0 spiro atoms. The monoisotopic (exact) mass is 305 g/mol. The number of nitrogens with zero attached hydrogens (tertiary/aromatic N) is 2. The van der Waals surface area contributed by atoms with Crippen LogP contribution < -0.4 is 5.73 Å². The zero-order chi connectivity index (χ0) is 12.8. The molecule has 0 bridgehead atoms. The van der Waals surface area contributed by atoms with E-state index in [1.54, 1.807) is 0 Å². The molecule has 1 fully saturated rings. The maximum atomic E-state index is 6.52. The van der Waals surface area contributed by atoms with E-state index in [0.717, 1.165) is 23.0 Å². The van der Waals surface area contributed by atoms with Gasteiger partial charge < -0.3 is 5.73 Å². The Hall–Kier alpha value is -1.13. The van der Waals surface area contributed by atoms with Crippen LogP contribution in [-0.4, -0.2) is 9.78 Å². The predicted octanol–water partition coefficient (Wildman–Crippen LogP) is 2.91. The highest BCUT2D eigenvalue weighted by Gasteiger charge is 2.51. The molecule has 2 N–H and O–H groups in total. The third-order valence-electron chi connectivity index (χ3n) is 3.96. The lowest BCUT2D eigenvalue weighted by Gasteiger charge is -2.24. The van der Waals surface area contributed by atoms with Crippen molar-refractivity contribution in [3.05, 3.63) is 52.3 Å². The molecule has 0 amide bonds. The molecule has 1 atom stereocenters. The van der Waals surface area contributed by atoms with Gasteiger partial charge in [-0.25, -0.2) is 0 Å². The number of hydrogen-bond acceptors (Lipinski definition) is 2. The first-order valence-corrected chi connectivity index (χ1v) is 6.93. The van der Waals surface area contributed by atoms with Gasteiger partial charge in [0.2, 0.25) is 0 Å². The van der Waals surface area contributed by atoms with Gasteiger partial charge in [-0.15, -0.1) is 0 Å². The summed E-state index contributed by atoms with van der Waals surface area (Å²) in [7, 11) is 1.95. The largest absolute Gasteiger partial charge is 0.322 e. The van der Waals surface area contributed by atoms with Crippen molar-refractivity contribution in [2.75, 3.05) is 0 Å². The van der Waals surface area contributed by atoms with Gasteiger partial charge in [0, 0.05) is 12.5 Å². The van der Waals surface area contributed by atoms with E-state index in [0.29, 0.717) is 0 Å². The highest BCUT2D eigenvalue weighted by molar-refractivity contribution is 9.10. The van der Waals surface area contributed by atoms with Gasteiger partial charge in [0.15, 0.2) is 0 Å². The molecule has 1 unspecified atom stereocenters. The van der Waals surface area contributed by atoms with E-state index in [1.807, 2.05) is 24.0 Å². The fourth-order valence-corrected chi connectivity index (χ4v) is 3.31. The maximum Gasteiger partial charge on any atom is 0.0699 e. The zero-order valence-corrected chi connectivity index (χ0v) is 11.9. The molecule has 0 aliphatic heterocycles. The van der Waals surface area contributed by atoms with Gasteiger partial charge in [0.25, 0.3) is 0 Å². The van der Waals surface area contributed by atoms with Crippen molar-refractivity contribution < 1.29 is 0 Å². The van der Waals surface area contributed by atoms with E-state index in [4.69, 9.17) is 5.73 Å². The molecular weight excluding hydrogens is 290 g/mol. The molecule has 1 aromatic heterocycles. The topological polar surface area (TPSA) is 43.8 Å². The minimum atomic E-state index is -0.0122. The summed E-state index contributed by atoms with van der Waals surface area (Å²) in [6.07, 6.45) is 4.11. The maximum absolute atomic E-state index is 6.52. The quantitative estimate of drug-likeness (QED) is 0.947. The normalized spacial score (nSPS) is 18.6. The summed E-state index contributed by atoms with van der Waals surface area (Å²) in [6.45, 7) is 0. The average Bonchev–Trinajstić information content (AvgIpc) is 3.13. The Kier molecular flexibility index (Phi) is 2.79. The molecule has 3 nitrogen and oxygen atoms in total. The van der Waals surface area contributed by atoms with Crippen molar-refractivity contribution >= 4 is 15.9 Å². The van der Waals surface area contributed by atoms with Crippen molar-refractivity contribution in [2.24, 2.45) is 12.8 Å². The summed E-state index contributed by atoms with van der Waals surface area (Å²) >= 11 is 3.55. The first kappa shape index (κ1) is 11.9. The number of rotatable bonds is 3. The Bertz CT molecular complexity index is 538. The van der Waals surface area contributed by atoms with E-state index in [9.17, 15) is 0 Å². The Morgan fingerprint density at radius 3 is 2.50 bits per heavy atom. The second kappa shape index (κ2) is 4.21. The van der Waals surface area contributed by atoms with Crippen molar-refractivity contribution in [1.82, 2.24) is 9.78 Å². The van der Waals surface area contributed by atoms with Crippen LogP contribution in [0.3, 0.4) is 0 Å². The summed E-state index contributed by atoms with van der Waals surface area (Å²) < 4.78 is 2.87. The van der Waals surface area contributed by atoms with Gasteiger partial charge >= 0.3 is 0 Å². The molecule has 1 aromatic carbocycles. The Morgan fingerprint density at radius 2 is 2.00 bits per heavy atom. The lowest BCUT2D eigenvalue weighted by Crippen LogP contribution is -2.28. The molecule has 0 saturated heterocycles. The van der Waals surface area contributed by atoms with Crippen LogP contribution in [0.2, 0.25) is 0 Å². The van der Waals surface area contributed by atoms with Crippen molar-refractivity contribution in [2.45, 2.75) is 24.3 Å². The Morgan fingerprint density at radius 1 is 1.33 bits per heavy atom. The van der Waals surface area contributed by atoms with Crippen LogP contribution in [0.5, 0.6) is 0 Å². The molecule has 2 aromatic rings. The summed E-state index contributed by atoms with van der Waals surface area (Å²) in [6, 6.07) is 10.6. The molecule has 1 heterocycles. The molecule has 4 heteroatoms. The zero-order valence-electron chi connectivity index (χ0n) is 10.3. The number of halogens is 1. The van der Waals surface area contributed by atoms with E-state index in [2.05, 4.69) is 45.3 Å². The SMILES string of the molecule is Cn1ncc(Br)c1C(N)C1(c2ccccc2)CC1. The lowest BCUT2D eigenvalue weighted by atomic mass is 9.86. The van der Waals surface area contributed by atoms with Gasteiger partial charge in [0.1, 0.15) is 0 Å². The van der Waals surface area contributed by atoms with Gasteiger partial charge in [-0.2, -0.15) is 5.10 Å². The van der Waals surface area contributed by atoms with Crippen LogP contribution in [-0.2, 0) is 12.5 Å². The van der Waals surface area contributed by atoms with Gasteiger partial charge in [-0.05, 0) is 34.3 Å². The van der Waals surface area contributed by atoms with Crippen LogP contribution in [0, 0.1) is 0 Å². The third kappa shape index (κ3) is 1.71. The Labute approximate surface area is 115 Å². The average molecular weight is 306 g/mol. The van der Waals surface area contributed by atoms with Gasteiger partial charge in [0.05, 0.1) is 22.4 Å². The number of nitrogens with two attached hydrogens (primary N) is 1. The van der Waals surface area contributed by atoms with Crippen molar-refractivity contribution in [3.8, 4) is 0 Å². The molecule has 18 heavy (non-hydrogen) atoms. The first-order valence-electron chi connectivity index (χ1n) is 6.14. The fourth-order valence-electron chi connectivity index (χ4n) is 2.72. The van der Waals surface area contributed by atoms with Crippen LogP contribution >= 0.6 is 15.9 Å². The molecule has 0 radical (unpaired) electrons. The number of hydrogen-bond donors (Lipinski definition) is 1. The molecule has 1 aliphatic rings. The summed E-state index contributed by atoms with van der Waals surface area (Å²) in [5.41, 5.74) is 9.04. The molecular formula is C14H16BrN3. The smallest absolute Gasteiger partial charge is 0.0699 e. The van der Waals surface area contributed by atoms with E-state index >= 15 is 0 Å². The molecule has 1 saturated carbocycles. The third-order valence-corrected chi connectivity index (χ3v) is 4.58. The standard InChI is InChI=1S/C14H16BrN3/c1-18-12(11(15)9-17-18)13(16)14(7-8-14)10-5-3-2-4-6-10/h2-6,9,13H,7-8,16H2,1H3. The minimum absolute atomic E-state index is 0.0122. The van der Waals surface area contributed by atoms with Crippen molar-refractivity contribution in [3.63, 3.8) is 0 Å². The lowest BCUT2D eigenvalue weighted by molar-refractivity contribution is 0.500. The number of benzene rings is 1. The summed E-state index contributed by atoms with van der Waals surface area (Å²) in [4.78, 5) is 0. The molecule has 3 rings (SSSR count). The van der Waals surface area contributed by atoms with E-state index < -0.39 is 0 Å². The Balaban J connectivity index is 2.01. The summed E-state index contributed by atoms with van der Waals surface area (Å²) in [5, 5.41) is 4.26. The number of aryl methyl sites for hydroxylation is 1.